The van der Waals surface area contributed by atoms with E-state index in [1.54, 1.807) is 0 Å². The maximum absolute atomic E-state index is 7.34. The molecule has 0 nitrogen and oxygen atoms in total. The van der Waals surface area contributed by atoms with Gasteiger partial charge in [-0.05, 0) is 6.40 Å². The van der Waals surface area contributed by atoms with Crippen LogP contribution in [-0.4, -0.2) is 0 Å². The molecule has 0 unspecified atom stereocenters. The van der Waals surface area contributed by atoms with Gasteiger partial charge in [0.05, 0.1) is 0 Å². The zero-order valence-corrected chi connectivity index (χ0v) is 3.00. The fraction of sp³-hybridized carbons (Fsp3) is 0.833. The molecule has 0 N–H and O–H groups in total. The Labute approximate surface area is 58.8 Å². The minimum atomic E-state index is -3.60. The Kier molecular flexibility index (Phi) is 0.386. The van der Waals surface area contributed by atoms with Gasteiger partial charge in [0.25, 0.3) is 0 Å². The van der Waals surface area contributed by atoms with Crippen molar-refractivity contribution in [2.45, 2.75) is 32.8 Å². The van der Waals surface area contributed by atoms with Crippen LogP contribution in [0.25, 0.3) is 0 Å². The van der Waals surface area contributed by atoms with Gasteiger partial charge in [-0.15, -0.1) is 0 Å². The number of hydrogen-bond donors (Lipinski definition) is 0. The molecule has 0 heteroatoms. The van der Waals surface area contributed by atoms with Gasteiger partial charge in [-0.2, -0.15) is 0 Å². The van der Waals surface area contributed by atoms with Gasteiger partial charge in [0.2, 0.25) is 0 Å². The van der Waals surface area contributed by atoms with Crippen LogP contribution in [0.4, 0.5) is 0 Å². The van der Waals surface area contributed by atoms with Crippen LogP contribution in [0.3, 0.4) is 0 Å². The summed E-state index contributed by atoms with van der Waals surface area (Å²) in [6, 6.07) is 0. The van der Waals surface area contributed by atoms with Crippen molar-refractivity contribution in [1.29, 1.82) is 0 Å². The molecule has 0 aliphatic rings. The Morgan fingerprint density at radius 2 is 3.00 bits per heavy atom. The summed E-state index contributed by atoms with van der Waals surface area (Å²) in [5.41, 5.74) is 0. The Morgan fingerprint density at radius 3 is 3.67 bits per heavy atom. The van der Waals surface area contributed by atoms with E-state index in [9.17, 15) is 0 Å². The summed E-state index contributed by atoms with van der Waals surface area (Å²) in [6.07, 6.45) is -12.4. The van der Waals surface area contributed by atoms with Crippen molar-refractivity contribution in [1.82, 2.24) is 0 Å². The third-order valence-corrected chi connectivity index (χ3v) is 0.188. The minimum Gasteiger partial charge on any atom is -0.0654 e. The first-order valence-electron chi connectivity index (χ1n) is 7.75. The molecule has 0 rings (SSSR count). The van der Waals surface area contributed by atoms with Crippen molar-refractivity contribution < 1.29 is 17.8 Å². The Bertz CT molecular complexity index is 319. The molecule has 0 bridgehead atoms. The summed E-state index contributed by atoms with van der Waals surface area (Å²) in [5.74, 6) is 0. The molecule has 1 radical (unpaired) electrons. The summed E-state index contributed by atoms with van der Waals surface area (Å²) in [7, 11) is 0. The van der Waals surface area contributed by atoms with Crippen molar-refractivity contribution in [3.63, 3.8) is 0 Å². The second-order valence-electron chi connectivity index (χ2n) is 0.500. The first-order chi connectivity index (χ1) is 7.90. The minimum absolute atomic E-state index is 1.76. The van der Waals surface area contributed by atoms with Crippen molar-refractivity contribution in [2.24, 2.45) is 0 Å². The molecule has 0 saturated heterocycles. The summed E-state index contributed by atoms with van der Waals surface area (Å²) in [5, 5.41) is 0. The third-order valence-electron chi connectivity index (χ3n) is 0.188. The quantitative estimate of drug-likeness (QED) is 0.508. The van der Waals surface area contributed by atoms with Crippen LogP contribution in [0.1, 0.15) is 50.6 Å². The monoisotopic (exact) mass is 98.2 g/mol. The van der Waals surface area contributed by atoms with E-state index in [0.717, 1.165) is 0 Å². The molecule has 0 aromatic carbocycles. The predicted molar refractivity (Wildman–Crippen MR) is 29.5 cm³/mol. The maximum atomic E-state index is 7.34. The van der Waals surface area contributed by atoms with Crippen molar-refractivity contribution in [2.75, 3.05) is 0 Å². The molecule has 0 aromatic heterocycles. The average Bonchev–Trinajstić information content (AvgIpc) is 2.12. The first-order valence-corrected chi connectivity index (χ1v) is 1.25. The molecule has 37 valence electrons. The molecule has 0 atom stereocenters. The smallest absolute Gasteiger partial charge is 0.0305 e. The van der Waals surface area contributed by atoms with Crippen molar-refractivity contribution >= 4 is 0 Å². The molecule has 0 aliphatic heterocycles. The Hall–Kier alpha value is 0. The molecule has 0 amide bonds. The van der Waals surface area contributed by atoms with Gasteiger partial charge < -0.3 is 0 Å². The topological polar surface area (TPSA) is 0 Å². The highest BCUT2D eigenvalue weighted by Crippen LogP contribution is 1.93. The lowest BCUT2D eigenvalue weighted by Gasteiger charge is -1.85. The highest BCUT2D eigenvalue weighted by atomic mass is 13.8. The molecular weight excluding hydrogens is 72.1 g/mol. The second-order valence-corrected chi connectivity index (χ2v) is 0.500. The van der Waals surface area contributed by atoms with Crippen molar-refractivity contribution in [3.8, 4) is 0 Å². The van der Waals surface area contributed by atoms with E-state index in [1.807, 2.05) is 0 Å². The lowest BCUT2D eigenvalue weighted by molar-refractivity contribution is 0.852. The molecule has 0 aliphatic carbocycles. The van der Waals surface area contributed by atoms with Gasteiger partial charge in [0.15, 0.2) is 0 Å². The SMILES string of the molecule is [2H][C](C([2H])([2H])C([2H])([2H])[2H])C([2H])([2H])C([2H])([2H])C([2H])([2H])[2H]. The molecule has 0 spiro atoms. The number of rotatable bonds is 3. The first kappa shape index (κ1) is 0.463. The van der Waals surface area contributed by atoms with Crippen LogP contribution in [0, 0.1) is 6.40 Å². The van der Waals surface area contributed by atoms with Gasteiger partial charge in [0.1, 0.15) is 0 Å². The Balaban J connectivity index is 5.70. The predicted octanol–water partition coefficient (Wildman–Crippen LogP) is 2.40. The third kappa shape index (κ3) is 4.00. The van der Waals surface area contributed by atoms with E-state index in [-0.39, 0.29) is 0 Å². The largest absolute Gasteiger partial charge is 0.0654 e. The van der Waals surface area contributed by atoms with Crippen molar-refractivity contribution in [3.05, 3.63) is 6.40 Å². The fourth-order valence-electron chi connectivity index (χ4n) is 0.0625. The van der Waals surface area contributed by atoms with Gasteiger partial charge >= 0.3 is 0 Å². The van der Waals surface area contributed by atoms with Crippen LogP contribution in [0.15, 0.2) is 0 Å². The number of hydrogen-bond acceptors (Lipinski definition) is 0. The van der Waals surface area contributed by atoms with E-state index in [1.165, 1.54) is 0 Å². The molecule has 0 aromatic rings. The van der Waals surface area contributed by atoms with E-state index < -0.39 is 39.2 Å². The van der Waals surface area contributed by atoms with E-state index in [0.29, 0.717) is 0 Å². The average molecular weight is 98.2 g/mol. The molecule has 0 heterocycles. The zero-order valence-electron chi connectivity index (χ0n) is 16.0. The van der Waals surface area contributed by atoms with Crippen LogP contribution >= 0.6 is 0 Å². The van der Waals surface area contributed by atoms with Crippen LogP contribution in [-0.2, 0) is 0 Å². The van der Waals surface area contributed by atoms with E-state index >= 15 is 0 Å². The summed E-state index contributed by atoms with van der Waals surface area (Å²) in [4.78, 5) is 0. The van der Waals surface area contributed by atoms with Crippen LogP contribution < -0.4 is 0 Å². The van der Waals surface area contributed by atoms with Gasteiger partial charge in [-0.1, -0.05) is 32.8 Å². The maximum Gasteiger partial charge on any atom is 0.0305 e. The molecular formula is C6H13. The normalized spacial score (nSPS) is 53.2. The zero-order chi connectivity index (χ0) is 16.1. The standard InChI is InChI=1S/C6H13/c1-3-5-6-4-2/h5H,3-4,6H2,1-2H3/i1D3,2D3,3D2,4D2,5D,6D2. The van der Waals surface area contributed by atoms with Gasteiger partial charge in [0, 0.05) is 17.8 Å². The lowest BCUT2D eigenvalue weighted by atomic mass is 10.2. The Morgan fingerprint density at radius 1 is 2.00 bits per heavy atom. The van der Waals surface area contributed by atoms with Gasteiger partial charge in [-0.3, -0.25) is 0 Å². The van der Waals surface area contributed by atoms with E-state index in [2.05, 4.69) is 0 Å². The second kappa shape index (κ2) is 5.00. The summed E-state index contributed by atoms with van der Waals surface area (Å²) >= 11 is 0. The highest BCUT2D eigenvalue weighted by molar-refractivity contribution is 4.57. The van der Waals surface area contributed by atoms with E-state index in [4.69, 9.17) is 17.8 Å². The van der Waals surface area contributed by atoms with Crippen LogP contribution in [0.5, 0.6) is 0 Å². The van der Waals surface area contributed by atoms with Crippen LogP contribution in [0.2, 0.25) is 0 Å². The molecule has 0 fully saturated rings. The lowest BCUT2D eigenvalue weighted by Crippen LogP contribution is -1.67. The summed E-state index contributed by atoms with van der Waals surface area (Å²) in [6.45, 7) is -6.89. The molecule has 6 heavy (non-hydrogen) atoms. The van der Waals surface area contributed by atoms with Gasteiger partial charge in [-0.25, -0.2) is 0 Å². The fourth-order valence-corrected chi connectivity index (χ4v) is 0.0625. The summed E-state index contributed by atoms with van der Waals surface area (Å²) < 4.78 is 92.3. The highest BCUT2D eigenvalue weighted by Gasteiger charge is 1.75. The molecule has 0 saturated carbocycles.